The Morgan fingerprint density at radius 2 is 2.33 bits per heavy atom. The fourth-order valence-corrected chi connectivity index (χ4v) is 3.20. The van der Waals surface area contributed by atoms with E-state index in [1.807, 2.05) is 17.8 Å². The molecule has 0 radical (unpaired) electrons. The van der Waals surface area contributed by atoms with E-state index in [0.717, 1.165) is 6.54 Å². The lowest BCUT2D eigenvalue weighted by Crippen LogP contribution is -2.33. The van der Waals surface area contributed by atoms with Crippen molar-refractivity contribution in [2.45, 2.75) is 50.6 Å². The highest BCUT2D eigenvalue weighted by Gasteiger charge is 2.26. The van der Waals surface area contributed by atoms with Crippen LogP contribution in [0.1, 0.15) is 49.3 Å². The number of aryl methyl sites for hydroxylation is 1. The highest BCUT2D eigenvalue weighted by molar-refractivity contribution is 5.70. The molecule has 5 heteroatoms. The van der Waals surface area contributed by atoms with Crippen LogP contribution in [0, 0.1) is 5.92 Å². The summed E-state index contributed by atoms with van der Waals surface area (Å²) >= 11 is 0. The van der Waals surface area contributed by atoms with Gasteiger partial charge in [-0.25, -0.2) is 0 Å². The molecule has 0 saturated heterocycles. The SMILES string of the molecule is Cn1cc(CN[C@H]2C=CC[C@H](C(=O)O)C2)c(C2CCC2)n1. The van der Waals surface area contributed by atoms with Gasteiger partial charge in [0, 0.05) is 37.3 Å². The third kappa shape index (κ3) is 3.18. The van der Waals surface area contributed by atoms with E-state index in [9.17, 15) is 4.79 Å². The number of hydrogen-bond donors (Lipinski definition) is 2. The molecule has 1 heterocycles. The van der Waals surface area contributed by atoms with Crippen LogP contribution in [-0.2, 0) is 18.4 Å². The van der Waals surface area contributed by atoms with Crippen molar-refractivity contribution in [3.8, 4) is 0 Å². The number of rotatable bonds is 5. The lowest BCUT2D eigenvalue weighted by molar-refractivity contribution is -0.142. The zero-order valence-electron chi connectivity index (χ0n) is 12.5. The number of carboxylic acids is 1. The quantitative estimate of drug-likeness (QED) is 0.815. The maximum absolute atomic E-state index is 11.1. The molecule has 21 heavy (non-hydrogen) atoms. The Bertz CT molecular complexity index is 546. The lowest BCUT2D eigenvalue weighted by Gasteiger charge is -2.26. The Hall–Kier alpha value is -1.62. The van der Waals surface area contributed by atoms with Gasteiger partial charge < -0.3 is 10.4 Å². The number of carboxylic acid groups (broad SMARTS) is 1. The molecule has 5 nitrogen and oxygen atoms in total. The first-order chi connectivity index (χ1) is 10.1. The maximum Gasteiger partial charge on any atom is 0.306 e. The van der Waals surface area contributed by atoms with Crippen LogP contribution in [0.5, 0.6) is 0 Å². The summed E-state index contributed by atoms with van der Waals surface area (Å²) < 4.78 is 1.89. The van der Waals surface area contributed by atoms with Gasteiger partial charge in [0.05, 0.1) is 11.6 Å². The van der Waals surface area contributed by atoms with Crippen molar-refractivity contribution in [2.75, 3.05) is 0 Å². The highest BCUT2D eigenvalue weighted by Crippen LogP contribution is 2.37. The summed E-state index contributed by atoms with van der Waals surface area (Å²) in [5, 5.41) is 17.2. The highest BCUT2D eigenvalue weighted by atomic mass is 16.4. The second kappa shape index (κ2) is 6.02. The fourth-order valence-electron chi connectivity index (χ4n) is 3.20. The number of nitrogens with zero attached hydrogens (tertiary/aromatic N) is 2. The molecule has 0 amide bonds. The fraction of sp³-hybridized carbons (Fsp3) is 0.625. The van der Waals surface area contributed by atoms with E-state index in [1.54, 1.807) is 0 Å². The Balaban J connectivity index is 1.61. The van der Waals surface area contributed by atoms with Gasteiger partial charge in [-0.3, -0.25) is 9.48 Å². The van der Waals surface area contributed by atoms with Crippen LogP contribution in [0.15, 0.2) is 18.3 Å². The molecule has 0 aromatic carbocycles. The molecule has 0 bridgehead atoms. The summed E-state index contributed by atoms with van der Waals surface area (Å²) in [6, 6.07) is 0.147. The minimum absolute atomic E-state index is 0.147. The first kappa shape index (κ1) is 14.3. The summed E-state index contributed by atoms with van der Waals surface area (Å²) in [7, 11) is 1.96. The second-order valence-electron chi connectivity index (χ2n) is 6.26. The number of aromatic nitrogens is 2. The maximum atomic E-state index is 11.1. The van der Waals surface area contributed by atoms with Crippen molar-refractivity contribution in [3.05, 3.63) is 29.6 Å². The van der Waals surface area contributed by atoms with E-state index in [0.29, 0.717) is 18.8 Å². The monoisotopic (exact) mass is 289 g/mol. The number of carbonyl (C=O) groups is 1. The predicted octanol–water partition coefficient (Wildman–Crippen LogP) is 2.20. The van der Waals surface area contributed by atoms with Gasteiger partial charge in [-0.1, -0.05) is 18.6 Å². The van der Waals surface area contributed by atoms with Gasteiger partial charge in [-0.2, -0.15) is 5.10 Å². The van der Waals surface area contributed by atoms with Crippen molar-refractivity contribution in [1.82, 2.24) is 15.1 Å². The van der Waals surface area contributed by atoms with Crippen LogP contribution in [0.3, 0.4) is 0 Å². The summed E-state index contributed by atoms with van der Waals surface area (Å²) in [4.78, 5) is 11.1. The van der Waals surface area contributed by atoms with Crippen LogP contribution in [-0.4, -0.2) is 26.9 Å². The van der Waals surface area contributed by atoms with Crippen molar-refractivity contribution >= 4 is 5.97 Å². The average Bonchev–Trinajstić information content (AvgIpc) is 2.75. The van der Waals surface area contributed by atoms with Gasteiger partial charge in [0.2, 0.25) is 0 Å². The Morgan fingerprint density at radius 3 is 3.00 bits per heavy atom. The van der Waals surface area contributed by atoms with Gasteiger partial charge >= 0.3 is 5.97 Å². The Labute approximate surface area is 125 Å². The van der Waals surface area contributed by atoms with Gasteiger partial charge in [0.1, 0.15) is 0 Å². The molecule has 1 saturated carbocycles. The minimum atomic E-state index is -0.692. The summed E-state index contributed by atoms with van der Waals surface area (Å²) in [6.07, 6.45) is 11.3. The molecule has 0 unspecified atom stereocenters. The normalized spacial score (nSPS) is 25.8. The number of aliphatic carboxylic acids is 1. The standard InChI is InChI=1S/C16H23N3O2/c1-19-10-13(15(18-19)11-4-2-5-11)9-17-14-7-3-6-12(8-14)16(20)21/h3,7,10-12,14,17H,2,4-6,8-9H2,1H3,(H,20,21)/t12-,14-/m0/s1. The molecule has 2 atom stereocenters. The third-order valence-electron chi connectivity index (χ3n) is 4.66. The zero-order valence-corrected chi connectivity index (χ0v) is 12.5. The molecule has 1 aromatic heterocycles. The van der Waals surface area contributed by atoms with E-state index < -0.39 is 5.97 Å². The van der Waals surface area contributed by atoms with Gasteiger partial charge in [0.25, 0.3) is 0 Å². The predicted molar refractivity (Wildman–Crippen MR) is 79.9 cm³/mol. The van der Waals surface area contributed by atoms with Crippen LogP contribution in [0.25, 0.3) is 0 Å². The van der Waals surface area contributed by atoms with Crippen molar-refractivity contribution in [2.24, 2.45) is 13.0 Å². The largest absolute Gasteiger partial charge is 0.481 e. The van der Waals surface area contributed by atoms with Crippen molar-refractivity contribution in [3.63, 3.8) is 0 Å². The third-order valence-corrected chi connectivity index (χ3v) is 4.66. The van der Waals surface area contributed by atoms with E-state index in [4.69, 9.17) is 5.11 Å². The van der Waals surface area contributed by atoms with Crippen LogP contribution in [0.2, 0.25) is 0 Å². The van der Waals surface area contributed by atoms with E-state index in [1.165, 1.54) is 30.5 Å². The first-order valence-electron chi connectivity index (χ1n) is 7.78. The average molecular weight is 289 g/mol. The summed E-state index contributed by atoms with van der Waals surface area (Å²) in [5.74, 6) is -0.327. The van der Waals surface area contributed by atoms with Gasteiger partial charge in [-0.15, -0.1) is 0 Å². The van der Waals surface area contributed by atoms with E-state index in [2.05, 4.69) is 22.7 Å². The van der Waals surface area contributed by atoms with Gasteiger partial charge in [0.15, 0.2) is 0 Å². The van der Waals surface area contributed by atoms with Crippen molar-refractivity contribution < 1.29 is 9.90 Å². The van der Waals surface area contributed by atoms with Crippen molar-refractivity contribution in [1.29, 1.82) is 0 Å². The molecule has 2 N–H and O–H groups in total. The summed E-state index contributed by atoms with van der Waals surface area (Å²) in [5.41, 5.74) is 2.49. The van der Waals surface area contributed by atoms with Gasteiger partial charge in [-0.05, 0) is 25.7 Å². The molecule has 2 aliphatic carbocycles. The molecule has 1 aromatic rings. The lowest BCUT2D eigenvalue weighted by atomic mass is 9.81. The second-order valence-corrected chi connectivity index (χ2v) is 6.26. The molecule has 3 rings (SSSR count). The van der Waals surface area contributed by atoms with E-state index in [-0.39, 0.29) is 12.0 Å². The smallest absolute Gasteiger partial charge is 0.306 e. The van der Waals surface area contributed by atoms with Crippen LogP contribution >= 0.6 is 0 Å². The van der Waals surface area contributed by atoms with Crippen LogP contribution < -0.4 is 5.32 Å². The minimum Gasteiger partial charge on any atom is -0.481 e. The number of hydrogen-bond acceptors (Lipinski definition) is 3. The Kier molecular flexibility index (Phi) is 4.10. The topological polar surface area (TPSA) is 67.2 Å². The first-order valence-corrected chi connectivity index (χ1v) is 7.78. The molecule has 0 spiro atoms. The molecule has 0 aliphatic heterocycles. The zero-order chi connectivity index (χ0) is 14.8. The molecular weight excluding hydrogens is 266 g/mol. The molecule has 2 aliphatic rings. The number of nitrogens with one attached hydrogen (secondary N) is 1. The molecule has 114 valence electrons. The summed E-state index contributed by atoms with van der Waals surface area (Å²) in [6.45, 7) is 0.765. The number of allylic oxidation sites excluding steroid dienone is 1. The molecule has 1 fully saturated rings. The van der Waals surface area contributed by atoms with E-state index >= 15 is 0 Å². The van der Waals surface area contributed by atoms with Crippen LogP contribution in [0.4, 0.5) is 0 Å². The molecular formula is C16H23N3O2. The Morgan fingerprint density at radius 1 is 1.52 bits per heavy atom.